The summed E-state index contributed by atoms with van der Waals surface area (Å²) in [6.45, 7) is 1.97. The van der Waals surface area contributed by atoms with E-state index in [1.54, 1.807) is 14.2 Å². The van der Waals surface area contributed by atoms with Crippen LogP contribution in [0.25, 0.3) is 10.8 Å². The molecule has 0 aliphatic rings. The van der Waals surface area contributed by atoms with Crippen LogP contribution in [0.1, 0.15) is 5.69 Å². The molecule has 1 aromatic carbocycles. The minimum Gasteiger partial charge on any atom is -0.493 e. The van der Waals surface area contributed by atoms with Crippen LogP contribution >= 0.6 is 12.4 Å². The van der Waals surface area contributed by atoms with Crippen molar-refractivity contribution in [1.29, 1.82) is 0 Å². The van der Waals surface area contributed by atoms with E-state index >= 15 is 0 Å². The van der Waals surface area contributed by atoms with Crippen molar-refractivity contribution in [3.8, 4) is 11.5 Å². The molecule has 0 unspecified atom stereocenters. The van der Waals surface area contributed by atoms with Gasteiger partial charge in [-0.15, -0.1) is 12.4 Å². The number of hydrogen-bond donors (Lipinski definition) is 0. The van der Waals surface area contributed by atoms with Gasteiger partial charge in [-0.25, -0.2) is 0 Å². The summed E-state index contributed by atoms with van der Waals surface area (Å²) in [6, 6.07) is 5.92. The molecule has 0 aliphatic heterocycles. The van der Waals surface area contributed by atoms with Gasteiger partial charge in [-0.05, 0) is 30.5 Å². The molecule has 0 spiro atoms. The average molecular weight is 240 g/mol. The third kappa shape index (κ3) is 2.19. The van der Waals surface area contributed by atoms with Gasteiger partial charge in [0.25, 0.3) is 0 Å². The number of pyridine rings is 1. The molecule has 0 radical (unpaired) electrons. The minimum absolute atomic E-state index is 0. The van der Waals surface area contributed by atoms with Crippen molar-refractivity contribution >= 4 is 23.2 Å². The summed E-state index contributed by atoms with van der Waals surface area (Å²) in [5, 5.41) is 2.17. The fraction of sp³-hybridized carbons (Fsp3) is 0.250. The third-order valence-electron chi connectivity index (χ3n) is 2.36. The van der Waals surface area contributed by atoms with Crippen LogP contribution in [-0.4, -0.2) is 19.2 Å². The van der Waals surface area contributed by atoms with Crippen LogP contribution in [0.3, 0.4) is 0 Å². The Kier molecular flexibility index (Phi) is 3.96. The van der Waals surface area contributed by atoms with Crippen LogP contribution < -0.4 is 9.47 Å². The lowest BCUT2D eigenvalue weighted by atomic mass is 10.1. The number of halogens is 1. The Balaban J connectivity index is 0.00000128. The Labute approximate surface area is 101 Å². The molecule has 0 saturated carbocycles. The number of nitrogens with zero attached hydrogens (tertiary/aromatic N) is 1. The molecule has 1 aromatic heterocycles. The largest absolute Gasteiger partial charge is 0.493 e. The Morgan fingerprint density at radius 2 is 1.50 bits per heavy atom. The summed E-state index contributed by atoms with van der Waals surface area (Å²) in [7, 11) is 3.27. The maximum absolute atomic E-state index is 5.24. The molecule has 0 fully saturated rings. The van der Waals surface area contributed by atoms with Crippen LogP contribution in [-0.2, 0) is 0 Å². The second kappa shape index (κ2) is 5.03. The molecule has 0 bridgehead atoms. The fourth-order valence-electron chi connectivity index (χ4n) is 1.58. The highest BCUT2D eigenvalue weighted by atomic mass is 35.5. The topological polar surface area (TPSA) is 31.4 Å². The summed E-state index contributed by atoms with van der Waals surface area (Å²) in [5.74, 6) is 1.48. The molecule has 0 saturated heterocycles. The maximum atomic E-state index is 5.24. The molecule has 2 aromatic rings. The quantitative estimate of drug-likeness (QED) is 0.808. The van der Waals surface area contributed by atoms with Crippen molar-refractivity contribution in [1.82, 2.24) is 4.98 Å². The molecule has 0 N–H and O–H groups in total. The van der Waals surface area contributed by atoms with Gasteiger partial charge in [-0.2, -0.15) is 0 Å². The lowest BCUT2D eigenvalue weighted by Crippen LogP contribution is -1.91. The molecule has 2 rings (SSSR count). The molecule has 16 heavy (non-hydrogen) atoms. The predicted octanol–water partition coefficient (Wildman–Crippen LogP) is 2.98. The highest BCUT2D eigenvalue weighted by Gasteiger charge is 2.05. The van der Waals surface area contributed by atoms with Gasteiger partial charge in [0.2, 0.25) is 0 Å². The van der Waals surface area contributed by atoms with Crippen LogP contribution in [0, 0.1) is 6.92 Å². The first-order valence-corrected chi connectivity index (χ1v) is 4.73. The van der Waals surface area contributed by atoms with Crippen LogP contribution in [0.5, 0.6) is 11.5 Å². The number of aryl methyl sites for hydroxylation is 1. The molecule has 1 heterocycles. The molecule has 86 valence electrons. The Hall–Kier alpha value is -1.48. The number of fused-ring (bicyclic) bond motifs is 1. The zero-order valence-electron chi connectivity index (χ0n) is 9.48. The van der Waals surface area contributed by atoms with Crippen molar-refractivity contribution in [3.63, 3.8) is 0 Å². The van der Waals surface area contributed by atoms with Crippen molar-refractivity contribution in [3.05, 3.63) is 30.1 Å². The first kappa shape index (κ1) is 12.6. The summed E-state index contributed by atoms with van der Waals surface area (Å²) in [6.07, 6.45) is 1.84. The third-order valence-corrected chi connectivity index (χ3v) is 2.36. The molecule has 0 aliphatic carbocycles. The van der Waals surface area contributed by atoms with E-state index in [1.165, 1.54) is 0 Å². The molecule has 4 heteroatoms. The molecule has 0 atom stereocenters. The van der Waals surface area contributed by atoms with Gasteiger partial charge in [0, 0.05) is 17.3 Å². The highest BCUT2D eigenvalue weighted by molar-refractivity contribution is 5.86. The zero-order valence-corrected chi connectivity index (χ0v) is 10.3. The molecular weight excluding hydrogens is 226 g/mol. The number of benzene rings is 1. The van der Waals surface area contributed by atoms with E-state index in [4.69, 9.17) is 9.47 Å². The first-order valence-electron chi connectivity index (χ1n) is 4.73. The molecular formula is C12H14ClNO2. The van der Waals surface area contributed by atoms with Crippen molar-refractivity contribution in [2.75, 3.05) is 14.2 Å². The van der Waals surface area contributed by atoms with E-state index in [2.05, 4.69) is 4.98 Å². The van der Waals surface area contributed by atoms with Crippen molar-refractivity contribution in [2.24, 2.45) is 0 Å². The number of rotatable bonds is 2. The Morgan fingerprint density at radius 1 is 0.938 bits per heavy atom. The van der Waals surface area contributed by atoms with Crippen LogP contribution in [0.4, 0.5) is 0 Å². The van der Waals surface area contributed by atoms with Gasteiger partial charge < -0.3 is 9.47 Å². The van der Waals surface area contributed by atoms with E-state index < -0.39 is 0 Å². The second-order valence-corrected chi connectivity index (χ2v) is 3.38. The summed E-state index contributed by atoms with van der Waals surface area (Å²) in [4.78, 5) is 4.24. The second-order valence-electron chi connectivity index (χ2n) is 3.38. The summed E-state index contributed by atoms with van der Waals surface area (Å²) >= 11 is 0. The smallest absolute Gasteiger partial charge is 0.161 e. The van der Waals surface area contributed by atoms with E-state index in [0.29, 0.717) is 0 Å². The standard InChI is InChI=1S/C12H13NO2.ClH/c1-8-4-9-5-11(14-2)12(15-3)6-10(9)7-13-8;/h4-7H,1-3H3;1H. The van der Waals surface area contributed by atoms with Gasteiger partial charge in [0.05, 0.1) is 14.2 Å². The SMILES string of the molecule is COc1cc2cnc(C)cc2cc1OC.Cl. The molecule has 0 amide bonds. The molecule has 3 nitrogen and oxygen atoms in total. The van der Waals surface area contributed by atoms with Crippen LogP contribution in [0.2, 0.25) is 0 Å². The van der Waals surface area contributed by atoms with Crippen LogP contribution in [0.15, 0.2) is 24.4 Å². The summed E-state index contributed by atoms with van der Waals surface area (Å²) < 4.78 is 10.5. The summed E-state index contributed by atoms with van der Waals surface area (Å²) in [5.41, 5.74) is 0.995. The monoisotopic (exact) mass is 239 g/mol. The van der Waals surface area contributed by atoms with Gasteiger partial charge >= 0.3 is 0 Å². The normalized spacial score (nSPS) is 9.69. The van der Waals surface area contributed by atoms with Gasteiger partial charge in [0.15, 0.2) is 11.5 Å². The fourth-order valence-corrected chi connectivity index (χ4v) is 1.58. The van der Waals surface area contributed by atoms with Gasteiger partial charge in [-0.3, -0.25) is 4.98 Å². The Morgan fingerprint density at radius 3 is 2.06 bits per heavy atom. The Bertz CT molecular complexity index is 500. The minimum atomic E-state index is 0. The van der Waals surface area contributed by atoms with E-state index in [1.807, 2.05) is 31.3 Å². The first-order chi connectivity index (χ1) is 7.24. The highest BCUT2D eigenvalue weighted by Crippen LogP contribution is 2.31. The lowest BCUT2D eigenvalue weighted by molar-refractivity contribution is 0.356. The van der Waals surface area contributed by atoms with Gasteiger partial charge in [-0.1, -0.05) is 0 Å². The van der Waals surface area contributed by atoms with Gasteiger partial charge in [0.1, 0.15) is 0 Å². The van der Waals surface area contributed by atoms with Crippen molar-refractivity contribution in [2.45, 2.75) is 6.92 Å². The maximum Gasteiger partial charge on any atom is 0.161 e. The number of ether oxygens (including phenoxy) is 2. The zero-order chi connectivity index (χ0) is 10.8. The average Bonchev–Trinajstić information content (AvgIpc) is 2.27. The van der Waals surface area contributed by atoms with E-state index in [9.17, 15) is 0 Å². The van der Waals surface area contributed by atoms with E-state index in [0.717, 1.165) is 28.0 Å². The lowest BCUT2D eigenvalue weighted by Gasteiger charge is -2.09. The predicted molar refractivity (Wildman–Crippen MR) is 66.8 cm³/mol. The number of hydrogen-bond acceptors (Lipinski definition) is 3. The number of methoxy groups -OCH3 is 2. The van der Waals surface area contributed by atoms with Crippen molar-refractivity contribution < 1.29 is 9.47 Å². The number of aromatic nitrogens is 1. The van der Waals surface area contributed by atoms with E-state index in [-0.39, 0.29) is 12.4 Å².